The molecular weight excluding hydrogens is 344 g/mol. The first-order chi connectivity index (χ1) is 9.52. The van der Waals surface area contributed by atoms with Gasteiger partial charge in [0.05, 0.1) is 16.9 Å². The molecule has 0 aliphatic rings. The van der Waals surface area contributed by atoms with Crippen molar-refractivity contribution in [2.24, 2.45) is 10.9 Å². The van der Waals surface area contributed by atoms with Crippen LogP contribution in [0.3, 0.4) is 0 Å². The van der Waals surface area contributed by atoms with Gasteiger partial charge in [-0.05, 0) is 41.1 Å². The summed E-state index contributed by atoms with van der Waals surface area (Å²) in [7, 11) is 0. The fourth-order valence-corrected chi connectivity index (χ4v) is 2.71. The van der Waals surface area contributed by atoms with Gasteiger partial charge in [-0.25, -0.2) is 4.98 Å². The number of nitrogens with zero attached hydrogens (tertiary/aromatic N) is 2. The zero-order chi connectivity index (χ0) is 14.7. The highest BCUT2D eigenvalue weighted by Crippen LogP contribution is 2.25. The number of carbonyl (C=O) groups excluding carboxylic acids is 1. The Morgan fingerprint density at radius 3 is 2.85 bits per heavy atom. The van der Waals surface area contributed by atoms with Gasteiger partial charge in [0.25, 0.3) is 5.91 Å². The van der Waals surface area contributed by atoms with Crippen LogP contribution in [0, 0.1) is 6.92 Å². The molecule has 0 fully saturated rings. The number of hydrogen-bond acceptors (Lipinski definition) is 5. The number of aryl methyl sites for hydroxylation is 1. The smallest absolute Gasteiger partial charge is 0.267 e. The van der Waals surface area contributed by atoms with Crippen molar-refractivity contribution in [3.8, 4) is 0 Å². The summed E-state index contributed by atoms with van der Waals surface area (Å²) in [5, 5.41) is 14.3. The van der Waals surface area contributed by atoms with Crippen molar-refractivity contribution in [2.75, 3.05) is 5.32 Å². The van der Waals surface area contributed by atoms with Crippen LogP contribution in [0.1, 0.15) is 20.9 Å². The lowest BCUT2D eigenvalue weighted by atomic mass is 10.2. The first kappa shape index (κ1) is 14.5. The van der Waals surface area contributed by atoms with Gasteiger partial charge < -0.3 is 16.3 Å². The molecule has 1 heterocycles. The molecule has 0 aliphatic heterocycles. The average Bonchev–Trinajstić information content (AvgIpc) is 2.86. The molecule has 0 bridgehead atoms. The van der Waals surface area contributed by atoms with Crippen molar-refractivity contribution in [3.63, 3.8) is 0 Å². The van der Waals surface area contributed by atoms with Gasteiger partial charge in [0, 0.05) is 10.0 Å². The monoisotopic (exact) mass is 354 g/mol. The van der Waals surface area contributed by atoms with Crippen LogP contribution in [0.25, 0.3) is 0 Å². The molecule has 0 saturated heterocycles. The molecule has 6 nitrogen and oxygen atoms in total. The first-order valence-corrected chi connectivity index (χ1v) is 7.19. The van der Waals surface area contributed by atoms with E-state index in [1.807, 2.05) is 0 Å². The van der Waals surface area contributed by atoms with Crippen molar-refractivity contribution in [1.29, 1.82) is 0 Å². The topological polar surface area (TPSA) is 101 Å². The maximum Gasteiger partial charge on any atom is 0.267 e. The van der Waals surface area contributed by atoms with Crippen LogP contribution in [0.4, 0.5) is 5.69 Å². The number of anilines is 1. The van der Waals surface area contributed by atoms with E-state index in [4.69, 9.17) is 10.9 Å². The van der Waals surface area contributed by atoms with Crippen molar-refractivity contribution < 1.29 is 10.0 Å². The Kier molecular flexibility index (Phi) is 4.35. The molecule has 8 heteroatoms. The Morgan fingerprint density at radius 1 is 1.55 bits per heavy atom. The van der Waals surface area contributed by atoms with E-state index in [0.717, 1.165) is 0 Å². The van der Waals surface area contributed by atoms with Crippen LogP contribution in [0.2, 0.25) is 0 Å². The zero-order valence-electron chi connectivity index (χ0n) is 10.4. The van der Waals surface area contributed by atoms with Crippen molar-refractivity contribution >= 4 is 44.7 Å². The summed E-state index contributed by atoms with van der Waals surface area (Å²) in [5.74, 6) is -0.218. The number of oxime groups is 1. The van der Waals surface area contributed by atoms with E-state index in [1.165, 1.54) is 11.3 Å². The van der Waals surface area contributed by atoms with Crippen LogP contribution in [-0.2, 0) is 0 Å². The van der Waals surface area contributed by atoms with Crippen molar-refractivity contribution in [1.82, 2.24) is 4.98 Å². The first-order valence-electron chi connectivity index (χ1n) is 5.52. The molecule has 0 atom stereocenters. The van der Waals surface area contributed by atoms with Crippen LogP contribution in [0.15, 0.2) is 33.3 Å². The average molecular weight is 355 g/mol. The number of thiazole rings is 1. The number of aromatic nitrogens is 1. The van der Waals surface area contributed by atoms with Gasteiger partial charge in [0.15, 0.2) is 5.84 Å². The Morgan fingerprint density at radius 2 is 2.30 bits per heavy atom. The molecule has 104 valence electrons. The second kappa shape index (κ2) is 6.02. The minimum Gasteiger partial charge on any atom is -0.409 e. The van der Waals surface area contributed by atoms with Crippen molar-refractivity contribution in [3.05, 3.63) is 44.3 Å². The van der Waals surface area contributed by atoms with Crippen LogP contribution in [0.5, 0.6) is 0 Å². The fraction of sp³-hybridized carbons (Fsp3) is 0.0833. The standard InChI is InChI=1S/C12H11BrN4O2S/c1-6-10(20-5-15-6)12(18)16-9-3-2-7(4-8(9)13)11(14)17-19/h2-5,19H,1H3,(H2,14,17)(H,16,18). The van der Waals surface area contributed by atoms with Gasteiger partial charge in [-0.3, -0.25) is 4.79 Å². The summed E-state index contributed by atoms with van der Waals surface area (Å²) in [6, 6.07) is 4.98. The minimum absolute atomic E-state index is 0.00174. The maximum atomic E-state index is 12.1. The number of amides is 1. The Bertz CT molecular complexity index is 684. The Labute approximate surface area is 127 Å². The molecule has 0 unspecified atom stereocenters. The summed E-state index contributed by atoms with van der Waals surface area (Å²) < 4.78 is 0.636. The Balaban J connectivity index is 2.23. The molecule has 0 aliphatic carbocycles. The molecular formula is C12H11BrN4O2S. The molecule has 0 radical (unpaired) electrons. The van der Waals surface area contributed by atoms with E-state index in [-0.39, 0.29) is 11.7 Å². The predicted molar refractivity (Wildman–Crippen MR) is 81.5 cm³/mol. The third kappa shape index (κ3) is 2.97. The van der Waals surface area contributed by atoms with Gasteiger partial charge in [-0.15, -0.1) is 11.3 Å². The third-order valence-corrected chi connectivity index (χ3v) is 4.16. The van der Waals surface area contributed by atoms with Crippen LogP contribution < -0.4 is 11.1 Å². The lowest BCUT2D eigenvalue weighted by molar-refractivity contribution is 0.102. The maximum absolute atomic E-state index is 12.1. The molecule has 0 spiro atoms. The summed E-state index contributed by atoms with van der Waals surface area (Å²) in [6.45, 7) is 1.78. The zero-order valence-corrected chi connectivity index (χ0v) is 12.8. The summed E-state index contributed by atoms with van der Waals surface area (Å²) >= 11 is 4.62. The molecule has 4 N–H and O–H groups in total. The molecule has 1 amide bonds. The quantitative estimate of drug-likeness (QED) is 0.341. The van der Waals surface area contributed by atoms with Crippen LogP contribution >= 0.6 is 27.3 Å². The highest BCUT2D eigenvalue weighted by atomic mass is 79.9. The molecule has 1 aromatic heterocycles. The van der Waals surface area contributed by atoms with E-state index in [2.05, 4.69) is 31.4 Å². The number of rotatable bonds is 3. The molecule has 2 aromatic rings. The predicted octanol–water partition coefficient (Wildman–Crippen LogP) is 2.56. The third-order valence-electron chi connectivity index (χ3n) is 2.57. The van der Waals surface area contributed by atoms with Crippen LogP contribution in [-0.4, -0.2) is 21.9 Å². The number of benzene rings is 1. The van der Waals surface area contributed by atoms with E-state index in [9.17, 15) is 4.79 Å². The lowest BCUT2D eigenvalue weighted by Crippen LogP contribution is -2.15. The normalized spacial score (nSPS) is 11.4. The van der Waals surface area contributed by atoms with E-state index >= 15 is 0 Å². The number of amidine groups is 1. The highest BCUT2D eigenvalue weighted by molar-refractivity contribution is 9.10. The summed E-state index contributed by atoms with van der Waals surface area (Å²) in [5.41, 5.74) is 8.96. The van der Waals surface area contributed by atoms with E-state index in [0.29, 0.717) is 26.3 Å². The van der Waals surface area contributed by atoms with Gasteiger partial charge >= 0.3 is 0 Å². The largest absolute Gasteiger partial charge is 0.409 e. The van der Waals surface area contributed by atoms with Gasteiger partial charge in [0.1, 0.15) is 4.88 Å². The SMILES string of the molecule is Cc1ncsc1C(=O)Nc1ccc(/C(N)=N/O)cc1Br. The molecule has 20 heavy (non-hydrogen) atoms. The van der Waals surface area contributed by atoms with Gasteiger partial charge in [-0.1, -0.05) is 5.16 Å². The number of hydrogen-bond donors (Lipinski definition) is 3. The minimum atomic E-state index is -0.220. The van der Waals surface area contributed by atoms with E-state index < -0.39 is 0 Å². The van der Waals surface area contributed by atoms with Gasteiger partial charge in [-0.2, -0.15) is 0 Å². The second-order valence-electron chi connectivity index (χ2n) is 3.90. The van der Waals surface area contributed by atoms with E-state index in [1.54, 1.807) is 30.6 Å². The fourth-order valence-electron chi connectivity index (χ4n) is 1.53. The lowest BCUT2D eigenvalue weighted by Gasteiger charge is -2.08. The number of halogens is 1. The summed E-state index contributed by atoms with van der Waals surface area (Å²) in [6.07, 6.45) is 0. The molecule has 1 aromatic carbocycles. The highest BCUT2D eigenvalue weighted by Gasteiger charge is 2.13. The Hall–Kier alpha value is -1.93. The van der Waals surface area contributed by atoms with Gasteiger partial charge in [0.2, 0.25) is 0 Å². The number of nitrogens with one attached hydrogen (secondary N) is 1. The molecule has 0 saturated carbocycles. The molecule has 2 rings (SSSR count). The summed E-state index contributed by atoms with van der Waals surface area (Å²) in [4.78, 5) is 16.7. The second-order valence-corrected chi connectivity index (χ2v) is 5.61. The number of carbonyl (C=O) groups is 1. The number of nitrogens with two attached hydrogens (primary N) is 1. The van der Waals surface area contributed by atoms with Crippen molar-refractivity contribution in [2.45, 2.75) is 6.92 Å².